The molecule has 1 N–H and O–H groups in total. The minimum absolute atomic E-state index is 0.420. The minimum atomic E-state index is -0.868. The number of anilines is 1. The maximum Gasteiger partial charge on any atom is 0.334 e. The molecule has 0 saturated heterocycles. The van der Waals surface area contributed by atoms with Gasteiger partial charge in [-0.15, -0.1) is 0 Å². The van der Waals surface area contributed by atoms with E-state index in [9.17, 15) is 19.7 Å². The van der Waals surface area contributed by atoms with Crippen LogP contribution >= 0.6 is 0 Å². The minimum Gasteiger partial charge on any atom is -0.324 e. The lowest BCUT2D eigenvalue weighted by atomic mass is 10.2. The molecular formula is C15H15N3O4. The third-order valence-electron chi connectivity index (χ3n) is 3.31. The summed E-state index contributed by atoms with van der Waals surface area (Å²) in [5.74, 6) is -0.420. The van der Waals surface area contributed by atoms with Crippen LogP contribution in [-0.2, 0) is 4.79 Å². The highest BCUT2D eigenvalue weighted by atomic mass is 16.6. The fraction of sp³-hybridized carbons (Fsp3) is 0.200. The fourth-order valence-electron chi connectivity index (χ4n) is 2.14. The lowest BCUT2D eigenvalue weighted by Gasteiger charge is -2.17. The number of aryl methyl sites for hydroxylation is 1. The molecule has 1 amide bonds. The summed E-state index contributed by atoms with van der Waals surface area (Å²) in [6.45, 7) is 3.15. The zero-order chi connectivity index (χ0) is 16.3. The number of carbonyl (C=O) groups is 1. The first kappa shape index (κ1) is 15.4. The van der Waals surface area contributed by atoms with Crippen molar-refractivity contribution in [2.45, 2.75) is 19.9 Å². The summed E-state index contributed by atoms with van der Waals surface area (Å²) in [5, 5.41) is 13.5. The molecule has 0 fully saturated rings. The molecule has 1 unspecified atom stereocenters. The number of amides is 1. The molecule has 0 aliphatic heterocycles. The zero-order valence-corrected chi connectivity index (χ0v) is 12.1. The van der Waals surface area contributed by atoms with Gasteiger partial charge in [0.1, 0.15) is 6.04 Å². The Kier molecular flexibility index (Phi) is 4.36. The van der Waals surface area contributed by atoms with Crippen molar-refractivity contribution in [1.82, 2.24) is 4.57 Å². The van der Waals surface area contributed by atoms with Gasteiger partial charge in [0.25, 0.3) is 0 Å². The average Bonchev–Trinajstić information content (AvgIpc) is 2.47. The van der Waals surface area contributed by atoms with E-state index in [1.807, 2.05) is 6.07 Å². The van der Waals surface area contributed by atoms with Crippen LogP contribution in [0.5, 0.6) is 0 Å². The van der Waals surface area contributed by atoms with Gasteiger partial charge in [-0.3, -0.25) is 24.3 Å². The van der Waals surface area contributed by atoms with Crippen LogP contribution in [0, 0.1) is 17.0 Å². The SMILES string of the molecule is Cc1ccc([N+](=O)[O-])c(=O)n1C(C)C(=O)Nc1ccccc1. The van der Waals surface area contributed by atoms with Gasteiger partial charge in [-0.05, 0) is 32.0 Å². The van der Waals surface area contributed by atoms with E-state index in [0.717, 1.165) is 10.6 Å². The van der Waals surface area contributed by atoms with Gasteiger partial charge in [0.05, 0.1) is 4.92 Å². The van der Waals surface area contributed by atoms with Crippen LogP contribution in [0.1, 0.15) is 18.7 Å². The number of rotatable bonds is 4. The van der Waals surface area contributed by atoms with E-state index in [2.05, 4.69) is 5.32 Å². The van der Waals surface area contributed by atoms with Crippen LogP contribution in [0.15, 0.2) is 47.3 Å². The van der Waals surface area contributed by atoms with Crippen LogP contribution < -0.4 is 10.9 Å². The van der Waals surface area contributed by atoms with Gasteiger partial charge in [-0.25, -0.2) is 0 Å². The van der Waals surface area contributed by atoms with Crippen molar-refractivity contribution in [3.05, 3.63) is 68.6 Å². The molecule has 0 radical (unpaired) electrons. The first-order valence-electron chi connectivity index (χ1n) is 6.64. The Labute approximate surface area is 126 Å². The van der Waals surface area contributed by atoms with Gasteiger partial charge in [0.2, 0.25) is 5.91 Å². The van der Waals surface area contributed by atoms with Crippen LogP contribution in [-0.4, -0.2) is 15.4 Å². The summed E-state index contributed by atoms with van der Waals surface area (Å²) in [6.07, 6.45) is 0. The third-order valence-corrected chi connectivity index (χ3v) is 3.31. The standard InChI is InChI=1S/C15H15N3O4/c1-10-8-9-13(18(21)22)15(20)17(10)11(2)14(19)16-12-6-4-3-5-7-12/h3-9,11H,1-2H3,(H,16,19). The highest BCUT2D eigenvalue weighted by molar-refractivity contribution is 5.93. The molecule has 0 spiro atoms. The summed E-state index contributed by atoms with van der Waals surface area (Å²) < 4.78 is 1.12. The summed E-state index contributed by atoms with van der Waals surface area (Å²) in [4.78, 5) is 34.5. The van der Waals surface area contributed by atoms with Gasteiger partial charge in [-0.2, -0.15) is 0 Å². The Balaban J connectivity index is 2.35. The molecule has 0 saturated carbocycles. The van der Waals surface area contributed by atoms with E-state index in [4.69, 9.17) is 0 Å². The van der Waals surface area contributed by atoms with Gasteiger partial charge < -0.3 is 5.32 Å². The van der Waals surface area contributed by atoms with E-state index >= 15 is 0 Å². The summed E-state index contributed by atoms with van der Waals surface area (Å²) >= 11 is 0. The highest BCUT2D eigenvalue weighted by Crippen LogP contribution is 2.14. The van der Waals surface area contributed by atoms with Crippen LogP contribution in [0.3, 0.4) is 0 Å². The Morgan fingerprint density at radius 3 is 2.45 bits per heavy atom. The number of hydrogen-bond acceptors (Lipinski definition) is 4. The molecule has 0 aliphatic carbocycles. The Hall–Kier alpha value is -2.96. The Morgan fingerprint density at radius 1 is 1.23 bits per heavy atom. The molecule has 7 heteroatoms. The van der Waals surface area contributed by atoms with Crippen molar-refractivity contribution in [2.24, 2.45) is 0 Å². The number of pyridine rings is 1. The number of carbonyl (C=O) groups excluding carboxylic acids is 1. The monoisotopic (exact) mass is 301 g/mol. The molecule has 1 aromatic heterocycles. The maximum absolute atomic E-state index is 12.3. The molecule has 2 aromatic rings. The number of hydrogen-bond donors (Lipinski definition) is 1. The second-order valence-electron chi connectivity index (χ2n) is 4.82. The lowest BCUT2D eigenvalue weighted by Crippen LogP contribution is -2.33. The van der Waals surface area contributed by atoms with Gasteiger partial charge >= 0.3 is 11.2 Å². The second-order valence-corrected chi connectivity index (χ2v) is 4.82. The number of nitrogens with zero attached hydrogens (tertiary/aromatic N) is 2. The topological polar surface area (TPSA) is 94.2 Å². The smallest absolute Gasteiger partial charge is 0.324 e. The van der Waals surface area contributed by atoms with Crippen molar-refractivity contribution in [2.75, 3.05) is 5.32 Å². The quantitative estimate of drug-likeness (QED) is 0.692. The van der Waals surface area contributed by atoms with E-state index in [1.165, 1.54) is 13.0 Å². The molecule has 114 valence electrons. The summed E-state index contributed by atoms with van der Waals surface area (Å²) in [6, 6.07) is 10.5. The molecule has 1 atom stereocenters. The fourth-order valence-corrected chi connectivity index (χ4v) is 2.14. The van der Waals surface area contributed by atoms with Crippen molar-refractivity contribution in [3.8, 4) is 0 Å². The summed E-state index contributed by atoms with van der Waals surface area (Å²) in [5.41, 5.74) is -0.271. The van der Waals surface area contributed by atoms with Crippen molar-refractivity contribution in [3.63, 3.8) is 0 Å². The summed E-state index contributed by atoms with van der Waals surface area (Å²) in [7, 11) is 0. The molecule has 1 heterocycles. The Bertz CT molecular complexity index is 768. The molecule has 1 aromatic carbocycles. The third kappa shape index (κ3) is 3.03. The van der Waals surface area contributed by atoms with Crippen molar-refractivity contribution < 1.29 is 9.72 Å². The largest absolute Gasteiger partial charge is 0.334 e. The van der Waals surface area contributed by atoms with Gasteiger partial charge in [-0.1, -0.05) is 18.2 Å². The van der Waals surface area contributed by atoms with Gasteiger partial charge in [0, 0.05) is 17.4 Å². The maximum atomic E-state index is 12.3. The molecule has 0 bridgehead atoms. The first-order valence-corrected chi connectivity index (χ1v) is 6.64. The predicted octanol–water partition coefficient (Wildman–Crippen LogP) is 2.26. The van der Waals surface area contributed by atoms with E-state index in [0.29, 0.717) is 11.4 Å². The van der Waals surface area contributed by atoms with Crippen molar-refractivity contribution >= 4 is 17.3 Å². The Morgan fingerprint density at radius 2 is 1.86 bits per heavy atom. The van der Waals surface area contributed by atoms with E-state index in [-0.39, 0.29) is 0 Å². The van der Waals surface area contributed by atoms with Gasteiger partial charge in [0.15, 0.2) is 0 Å². The number of nitrogens with one attached hydrogen (secondary N) is 1. The normalized spacial score (nSPS) is 11.7. The van der Waals surface area contributed by atoms with Crippen molar-refractivity contribution in [1.29, 1.82) is 0 Å². The second kappa shape index (κ2) is 6.21. The van der Waals surface area contributed by atoms with Crippen LogP contribution in [0.4, 0.5) is 11.4 Å². The number of aromatic nitrogens is 1. The van der Waals surface area contributed by atoms with E-state index in [1.54, 1.807) is 31.2 Å². The van der Waals surface area contributed by atoms with Crippen LogP contribution in [0.25, 0.3) is 0 Å². The number of benzene rings is 1. The average molecular weight is 301 g/mol. The predicted molar refractivity (Wildman–Crippen MR) is 81.9 cm³/mol. The lowest BCUT2D eigenvalue weighted by molar-refractivity contribution is -0.386. The van der Waals surface area contributed by atoms with E-state index < -0.39 is 28.1 Å². The highest BCUT2D eigenvalue weighted by Gasteiger charge is 2.23. The number of para-hydroxylation sites is 1. The zero-order valence-electron chi connectivity index (χ0n) is 12.1. The molecular weight excluding hydrogens is 286 g/mol. The molecule has 2 rings (SSSR count). The number of nitro groups is 1. The van der Waals surface area contributed by atoms with Crippen LogP contribution in [0.2, 0.25) is 0 Å². The first-order chi connectivity index (χ1) is 10.4. The molecule has 7 nitrogen and oxygen atoms in total. The molecule has 0 aliphatic rings. The molecule has 22 heavy (non-hydrogen) atoms.